The van der Waals surface area contributed by atoms with E-state index in [9.17, 15) is 28.7 Å². The molecule has 0 saturated carbocycles. The topological polar surface area (TPSA) is 207 Å². The number of nitrogens with zero attached hydrogens (tertiary/aromatic N) is 1. The Kier molecular flexibility index (Phi) is 6.59. The lowest BCUT2D eigenvalue weighted by Gasteiger charge is -2.29. The lowest BCUT2D eigenvalue weighted by Crippen LogP contribution is -2.39. The molecule has 4 unspecified atom stereocenters. The van der Waals surface area contributed by atoms with Gasteiger partial charge >= 0.3 is 21.3 Å². The zero-order valence-corrected chi connectivity index (χ0v) is 15.6. The maximum atomic E-state index is 11.9. The summed E-state index contributed by atoms with van der Waals surface area (Å²) in [5.41, 5.74) is -1.55. The number of aliphatic hydroxyl groups excluding tert-OH is 1. The first kappa shape index (κ1) is 22.1. The summed E-state index contributed by atoms with van der Waals surface area (Å²) < 4.78 is 42.2. The van der Waals surface area contributed by atoms with Crippen LogP contribution in [-0.4, -0.2) is 54.4 Å². The number of hydrogen-bond acceptors (Lipinski definition) is 9. The summed E-state index contributed by atoms with van der Waals surface area (Å²) in [5.74, 6) is -1.83. The van der Waals surface area contributed by atoms with Crippen LogP contribution in [0.5, 0.6) is 0 Å². The van der Waals surface area contributed by atoms with Gasteiger partial charge in [-0.2, -0.15) is 4.31 Å². The van der Waals surface area contributed by atoms with Gasteiger partial charge in [0, 0.05) is 25.3 Å². The van der Waals surface area contributed by atoms with E-state index in [1.807, 2.05) is 4.98 Å². The van der Waals surface area contributed by atoms with Crippen LogP contribution in [0.3, 0.4) is 0 Å². The van der Waals surface area contributed by atoms with Gasteiger partial charge in [0.05, 0.1) is 0 Å². The van der Waals surface area contributed by atoms with E-state index in [-0.39, 0.29) is 13.0 Å². The molecule has 1 aliphatic rings. The molecular formula is C11H18N2O12P2. The molecule has 0 aromatic carbocycles. The third-order valence-corrected chi connectivity index (χ3v) is 5.51. The molecule has 1 fully saturated rings. The van der Waals surface area contributed by atoms with Gasteiger partial charge in [-0.3, -0.25) is 18.9 Å². The summed E-state index contributed by atoms with van der Waals surface area (Å²) >= 11 is 0. The third kappa shape index (κ3) is 5.90. The van der Waals surface area contributed by atoms with Crippen molar-refractivity contribution < 1.29 is 47.2 Å². The van der Waals surface area contributed by atoms with Crippen LogP contribution in [0.1, 0.15) is 19.6 Å². The van der Waals surface area contributed by atoms with Gasteiger partial charge in [0.15, 0.2) is 12.0 Å². The maximum Gasteiger partial charge on any atom is 0.481 e. The van der Waals surface area contributed by atoms with E-state index in [1.165, 1.54) is 0 Å². The molecule has 14 nitrogen and oxygen atoms in total. The van der Waals surface area contributed by atoms with Crippen molar-refractivity contribution in [1.82, 2.24) is 9.55 Å². The van der Waals surface area contributed by atoms with E-state index < -0.39 is 51.6 Å². The second-order valence-corrected chi connectivity index (χ2v) is 8.28. The van der Waals surface area contributed by atoms with Crippen molar-refractivity contribution in [3.05, 3.63) is 33.1 Å². The van der Waals surface area contributed by atoms with Crippen LogP contribution in [0, 0.1) is 0 Å². The number of aromatic amines is 1. The summed E-state index contributed by atoms with van der Waals surface area (Å²) in [6, 6.07) is 1.02. The van der Waals surface area contributed by atoms with Crippen molar-refractivity contribution in [3.63, 3.8) is 0 Å². The molecular weight excluding hydrogens is 414 g/mol. The van der Waals surface area contributed by atoms with Crippen LogP contribution in [0.15, 0.2) is 21.9 Å². The Balaban J connectivity index is 2.21. The van der Waals surface area contributed by atoms with E-state index in [4.69, 9.17) is 19.3 Å². The van der Waals surface area contributed by atoms with Crippen LogP contribution >= 0.6 is 15.6 Å². The van der Waals surface area contributed by atoms with Crippen molar-refractivity contribution >= 4 is 15.6 Å². The number of ether oxygens (including phenoxy) is 2. The number of aromatic nitrogens is 2. The largest absolute Gasteiger partial charge is 0.481 e. The number of H-pyrrole nitrogens is 1. The first-order valence-electron chi connectivity index (χ1n) is 7.42. The molecule has 1 aliphatic heterocycles. The Morgan fingerprint density at radius 3 is 2.59 bits per heavy atom. The molecule has 0 spiro atoms. The van der Waals surface area contributed by atoms with Gasteiger partial charge in [-0.25, -0.2) is 13.9 Å². The van der Waals surface area contributed by atoms with E-state index in [2.05, 4.69) is 8.83 Å². The highest BCUT2D eigenvalue weighted by molar-refractivity contribution is 7.60. The van der Waals surface area contributed by atoms with Crippen molar-refractivity contribution in [2.75, 3.05) is 13.2 Å². The second-order valence-electron chi connectivity index (χ2n) is 5.46. The fraction of sp³-hybridized carbons (Fsp3) is 0.636. The molecule has 1 aromatic rings. The Hall–Kier alpha value is -1.18. The van der Waals surface area contributed by atoms with Gasteiger partial charge in [-0.1, -0.05) is 0 Å². The molecule has 4 atom stereocenters. The number of rotatable bonds is 8. The van der Waals surface area contributed by atoms with Crippen LogP contribution in [0.25, 0.3) is 0 Å². The Labute approximate surface area is 151 Å². The first-order chi connectivity index (χ1) is 12.4. The highest BCUT2D eigenvalue weighted by atomic mass is 31.3. The smallest absolute Gasteiger partial charge is 0.388 e. The minimum absolute atomic E-state index is 0.00159. The highest BCUT2D eigenvalue weighted by Gasteiger charge is 2.50. The minimum atomic E-state index is -5.32. The zero-order valence-electron chi connectivity index (χ0n) is 13.8. The summed E-state index contributed by atoms with van der Waals surface area (Å²) in [6.45, 7) is 0.681. The lowest BCUT2D eigenvalue weighted by molar-refractivity contribution is -0.252. The van der Waals surface area contributed by atoms with Crippen LogP contribution in [0.2, 0.25) is 0 Å². The molecule has 2 rings (SSSR count). The first-order valence-corrected chi connectivity index (χ1v) is 10.4. The van der Waals surface area contributed by atoms with Crippen LogP contribution in [0.4, 0.5) is 0 Å². The van der Waals surface area contributed by atoms with Crippen molar-refractivity contribution in [3.8, 4) is 0 Å². The molecule has 2 heterocycles. The van der Waals surface area contributed by atoms with E-state index >= 15 is 0 Å². The Morgan fingerprint density at radius 2 is 2.04 bits per heavy atom. The summed E-state index contributed by atoms with van der Waals surface area (Å²) in [5, 5.41) is 10.2. The Morgan fingerprint density at radius 1 is 1.37 bits per heavy atom. The molecule has 0 radical (unpaired) electrons. The molecule has 0 bridgehead atoms. The number of phosphoric ester groups is 1. The van der Waals surface area contributed by atoms with E-state index in [0.29, 0.717) is 0 Å². The van der Waals surface area contributed by atoms with Gasteiger partial charge in [-0.05, 0) is 6.92 Å². The summed E-state index contributed by atoms with van der Waals surface area (Å²) in [7, 11) is -10.5. The minimum Gasteiger partial charge on any atom is -0.388 e. The standard InChI is InChI=1S/C11H18N2O12P2/c1-2-22-11(6-23-27(20,21)25-26(17,18)19)5-7(14)9(24-11)13-4-3-8(15)12-10(13)16/h3-4,7,9,14H,2,5-6H2,1H3,(H,20,21)(H,12,15,16)(H2,17,18,19). The SMILES string of the molecule is CCOC1(COP(=O)(O)OP(=O)(O)O)CC(O)C(n2ccc(=O)[nH]c2=O)O1. The van der Waals surface area contributed by atoms with Gasteiger partial charge < -0.3 is 29.3 Å². The molecule has 5 N–H and O–H groups in total. The Bertz CT molecular complexity index is 877. The molecule has 1 aromatic heterocycles. The third-order valence-electron chi connectivity index (χ3n) is 3.37. The van der Waals surface area contributed by atoms with Gasteiger partial charge in [0.1, 0.15) is 12.7 Å². The predicted octanol–water partition coefficient (Wildman–Crippen LogP) is -1.22. The molecule has 154 valence electrons. The molecule has 16 heteroatoms. The quantitative estimate of drug-likeness (QED) is 0.306. The molecule has 27 heavy (non-hydrogen) atoms. The number of hydrogen-bond donors (Lipinski definition) is 5. The number of aliphatic hydroxyl groups is 1. The summed E-state index contributed by atoms with van der Waals surface area (Å²) in [6.07, 6.45) is -1.92. The normalized spacial score (nSPS) is 28.2. The van der Waals surface area contributed by atoms with E-state index in [0.717, 1.165) is 16.8 Å². The van der Waals surface area contributed by atoms with Crippen molar-refractivity contribution in [1.29, 1.82) is 0 Å². The zero-order chi connectivity index (χ0) is 20.5. The molecule has 1 saturated heterocycles. The molecule has 0 aliphatic carbocycles. The maximum absolute atomic E-state index is 11.9. The number of nitrogens with one attached hydrogen (secondary N) is 1. The van der Waals surface area contributed by atoms with Gasteiger partial charge in [-0.15, -0.1) is 0 Å². The van der Waals surface area contributed by atoms with Gasteiger partial charge in [0.2, 0.25) is 0 Å². The van der Waals surface area contributed by atoms with Crippen LogP contribution < -0.4 is 11.2 Å². The fourth-order valence-corrected chi connectivity index (χ4v) is 4.09. The van der Waals surface area contributed by atoms with Crippen LogP contribution in [-0.2, 0) is 27.4 Å². The predicted molar refractivity (Wildman–Crippen MR) is 85.3 cm³/mol. The monoisotopic (exact) mass is 432 g/mol. The fourth-order valence-electron chi connectivity index (χ4n) is 2.46. The van der Waals surface area contributed by atoms with E-state index in [1.54, 1.807) is 6.92 Å². The highest BCUT2D eigenvalue weighted by Crippen LogP contribution is 2.58. The van der Waals surface area contributed by atoms with Crippen molar-refractivity contribution in [2.45, 2.75) is 31.5 Å². The van der Waals surface area contributed by atoms with Gasteiger partial charge in [0.25, 0.3) is 5.56 Å². The summed E-state index contributed by atoms with van der Waals surface area (Å²) in [4.78, 5) is 51.6. The second kappa shape index (κ2) is 8.05. The van der Waals surface area contributed by atoms with Crippen molar-refractivity contribution in [2.24, 2.45) is 0 Å². The average molecular weight is 432 g/mol. The average Bonchev–Trinajstić information content (AvgIpc) is 2.81. The lowest BCUT2D eigenvalue weighted by atomic mass is 10.1. The number of phosphoric acid groups is 2. The molecule has 0 amide bonds.